The summed E-state index contributed by atoms with van der Waals surface area (Å²) in [6.07, 6.45) is 0.221. The van der Waals surface area contributed by atoms with Crippen LogP contribution in [-0.4, -0.2) is 32.0 Å². The monoisotopic (exact) mass is 274 g/mol. The van der Waals surface area contributed by atoms with Gasteiger partial charge in [0.2, 0.25) is 0 Å². The second kappa shape index (κ2) is 6.45. The third kappa shape index (κ3) is 3.40. The van der Waals surface area contributed by atoms with Gasteiger partial charge in [-0.15, -0.1) is 0 Å². The molecule has 1 aromatic carbocycles. The molecule has 1 aliphatic rings. The number of benzene rings is 1. The van der Waals surface area contributed by atoms with E-state index in [0.717, 1.165) is 0 Å². The molecule has 0 radical (unpaired) electrons. The molecular weight excluding hydrogens is 259 g/mol. The molecule has 3 N–H and O–H groups in total. The topological polar surface area (TPSA) is 56.5 Å². The Bertz CT molecular complexity index is 400. The van der Waals surface area contributed by atoms with Crippen LogP contribution in [0, 0.1) is 5.82 Å². The third-order valence-corrected chi connectivity index (χ3v) is 3.19. The van der Waals surface area contributed by atoms with E-state index in [4.69, 9.17) is 26.9 Å². The van der Waals surface area contributed by atoms with Gasteiger partial charge in [-0.1, -0.05) is 11.6 Å². The lowest BCUT2D eigenvalue weighted by atomic mass is 10.0. The van der Waals surface area contributed by atoms with Crippen molar-refractivity contribution in [1.29, 1.82) is 0 Å². The maximum Gasteiger partial charge on any atom is 0.126 e. The molecule has 1 heterocycles. The standard InChI is InChI=1S/C12H16ClFN2O2/c13-9-1-2-10(14)8(5-9)6-11(16-15)12-7-17-3-4-18-12/h1-2,5,11-12,16H,3-4,6-7,15H2. The summed E-state index contributed by atoms with van der Waals surface area (Å²) >= 11 is 5.85. The van der Waals surface area contributed by atoms with Crippen LogP contribution in [0.2, 0.25) is 5.02 Å². The van der Waals surface area contributed by atoms with Crippen molar-refractivity contribution in [3.05, 3.63) is 34.6 Å². The summed E-state index contributed by atoms with van der Waals surface area (Å²) in [5.41, 5.74) is 3.17. The quantitative estimate of drug-likeness (QED) is 0.641. The van der Waals surface area contributed by atoms with Gasteiger partial charge in [0.05, 0.1) is 32.0 Å². The summed E-state index contributed by atoms with van der Waals surface area (Å²) < 4.78 is 24.5. The number of nitrogens with two attached hydrogens (primary N) is 1. The Kier molecular flexibility index (Phi) is 4.91. The first-order valence-corrected chi connectivity index (χ1v) is 6.18. The van der Waals surface area contributed by atoms with Crippen molar-refractivity contribution >= 4 is 11.6 Å². The molecule has 1 aliphatic heterocycles. The molecule has 0 amide bonds. The number of rotatable bonds is 4. The fraction of sp³-hybridized carbons (Fsp3) is 0.500. The van der Waals surface area contributed by atoms with E-state index in [9.17, 15) is 4.39 Å². The van der Waals surface area contributed by atoms with E-state index in [1.165, 1.54) is 12.1 Å². The summed E-state index contributed by atoms with van der Waals surface area (Å²) in [4.78, 5) is 0. The van der Waals surface area contributed by atoms with Crippen molar-refractivity contribution in [3.63, 3.8) is 0 Å². The van der Waals surface area contributed by atoms with Crippen LogP contribution in [0.4, 0.5) is 4.39 Å². The van der Waals surface area contributed by atoms with Crippen LogP contribution in [0.15, 0.2) is 18.2 Å². The van der Waals surface area contributed by atoms with Crippen LogP contribution in [0.25, 0.3) is 0 Å². The fourth-order valence-corrected chi connectivity index (χ4v) is 2.17. The van der Waals surface area contributed by atoms with E-state index in [1.807, 2.05) is 0 Å². The van der Waals surface area contributed by atoms with E-state index >= 15 is 0 Å². The van der Waals surface area contributed by atoms with Crippen molar-refractivity contribution in [3.8, 4) is 0 Å². The van der Waals surface area contributed by atoms with Gasteiger partial charge in [-0.25, -0.2) is 4.39 Å². The van der Waals surface area contributed by atoms with Crippen LogP contribution >= 0.6 is 11.6 Å². The van der Waals surface area contributed by atoms with E-state index in [2.05, 4.69) is 5.43 Å². The molecular formula is C12H16ClFN2O2. The molecule has 100 valence electrons. The minimum absolute atomic E-state index is 0.179. The van der Waals surface area contributed by atoms with Gasteiger partial charge in [-0.05, 0) is 30.2 Å². The van der Waals surface area contributed by atoms with Gasteiger partial charge < -0.3 is 9.47 Å². The summed E-state index contributed by atoms with van der Waals surface area (Å²) in [6.45, 7) is 1.57. The molecule has 18 heavy (non-hydrogen) atoms. The smallest absolute Gasteiger partial charge is 0.126 e. The van der Waals surface area contributed by atoms with Gasteiger partial charge in [0.15, 0.2) is 0 Å². The number of hydrogen-bond donors (Lipinski definition) is 2. The number of nitrogens with one attached hydrogen (secondary N) is 1. The molecule has 1 saturated heterocycles. The zero-order valence-electron chi connectivity index (χ0n) is 9.86. The number of halogens is 2. The van der Waals surface area contributed by atoms with Crippen molar-refractivity contribution in [1.82, 2.24) is 5.43 Å². The first kappa shape index (κ1) is 13.7. The Morgan fingerprint density at radius 3 is 3.00 bits per heavy atom. The number of hydrazine groups is 1. The van der Waals surface area contributed by atoms with Gasteiger partial charge >= 0.3 is 0 Å². The predicted octanol–water partition coefficient (Wildman–Crippen LogP) is 1.27. The summed E-state index contributed by atoms with van der Waals surface area (Å²) in [7, 11) is 0. The highest BCUT2D eigenvalue weighted by Gasteiger charge is 2.25. The van der Waals surface area contributed by atoms with Crippen molar-refractivity contribution in [2.24, 2.45) is 5.84 Å². The lowest BCUT2D eigenvalue weighted by Crippen LogP contribution is -2.50. The Hall–Kier alpha value is -0.720. The molecule has 0 bridgehead atoms. The van der Waals surface area contributed by atoms with E-state index < -0.39 is 0 Å². The van der Waals surface area contributed by atoms with E-state index in [-0.39, 0.29) is 18.0 Å². The van der Waals surface area contributed by atoms with Crippen LogP contribution in [-0.2, 0) is 15.9 Å². The van der Waals surface area contributed by atoms with Gasteiger partial charge in [0.1, 0.15) is 5.82 Å². The molecule has 0 saturated carbocycles. The zero-order chi connectivity index (χ0) is 13.0. The molecule has 4 nitrogen and oxygen atoms in total. The fourth-order valence-electron chi connectivity index (χ4n) is 1.97. The molecule has 0 spiro atoms. The lowest BCUT2D eigenvalue weighted by molar-refractivity contribution is -0.101. The molecule has 2 unspecified atom stereocenters. The van der Waals surface area contributed by atoms with Gasteiger partial charge in [0, 0.05) is 5.02 Å². The second-order valence-corrected chi connectivity index (χ2v) is 4.63. The average Bonchev–Trinajstić information content (AvgIpc) is 2.41. The number of hydrogen-bond acceptors (Lipinski definition) is 4. The highest BCUT2D eigenvalue weighted by molar-refractivity contribution is 6.30. The molecule has 2 atom stereocenters. The maximum atomic E-state index is 13.6. The molecule has 2 rings (SSSR count). The summed E-state index contributed by atoms with van der Waals surface area (Å²) in [6, 6.07) is 4.26. The van der Waals surface area contributed by atoms with E-state index in [0.29, 0.717) is 36.8 Å². The van der Waals surface area contributed by atoms with Gasteiger partial charge in [0.25, 0.3) is 0 Å². The maximum absolute atomic E-state index is 13.6. The predicted molar refractivity (Wildman–Crippen MR) is 66.8 cm³/mol. The Labute approximate surface area is 110 Å². The highest BCUT2D eigenvalue weighted by atomic mass is 35.5. The lowest BCUT2D eigenvalue weighted by Gasteiger charge is -2.30. The third-order valence-electron chi connectivity index (χ3n) is 2.95. The van der Waals surface area contributed by atoms with Gasteiger partial charge in [-0.2, -0.15) is 0 Å². The van der Waals surface area contributed by atoms with Crippen molar-refractivity contribution in [2.75, 3.05) is 19.8 Å². The highest BCUT2D eigenvalue weighted by Crippen LogP contribution is 2.18. The Morgan fingerprint density at radius 2 is 2.33 bits per heavy atom. The first-order chi connectivity index (χ1) is 8.70. The van der Waals surface area contributed by atoms with Crippen LogP contribution in [0.3, 0.4) is 0 Å². The number of ether oxygens (including phenoxy) is 2. The summed E-state index contributed by atoms with van der Waals surface area (Å²) in [5, 5.41) is 0.503. The molecule has 1 aromatic rings. The second-order valence-electron chi connectivity index (χ2n) is 4.20. The minimum Gasteiger partial charge on any atom is -0.376 e. The zero-order valence-corrected chi connectivity index (χ0v) is 10.6. The Balaban J connectivity index is 2.06. The molecule has 6 heteroatoms. The van der Waals surface area contributed by atoms with Crippen molar-refractivity contribution in [2.45, 2.75) is 18.6 Å². The van der Waals surface area contributed by atoms with Gasteiger partial charge in [-0.3, -0.25) is 11.3 Å². The van der Waals surface area contributed by atoms with E-state index in [1.54, 1.807) is 6.07 Å². The minimum atomic E-state index is -0.295. The van der Waals surface area contributed by atoms with Crippen molar-refractivity contribution < 1.29 is 13.9 Å². The largest absolute Gasteiger partial charge is 0.376 e. The Morgan fingerprint density at radius 1 is 1.50 bits per heavy atom. The summed E-state index contributed by atoms with van der Waals surface area (Å²) in [5.74, 6) is 5.20. The SMILES string of the molecule is NNC(Cc1cc(Cl)ccc1F)C1COCCO1. The van der Waals surface area contributed by atoms with Crippen LogP contribution in [0.5, 0.6) is 0 Å². The molecule has 0 aromatic heterocycles. The average molecular weight is 275 g/mol. The molecule has 1 fully saturated rings. The normalized spacial score (nSPS) is 21.8. The first-order valence-electron chi connectivity index (χ1n) is 5.80. The van der Waals surface area contributed by atoms with Crippen LogP contribution in [0.1, 0.15) is 5.56 Å². The van der Waals surface area contributed by atoms with Crippen LogP contribution < -0.4 is 11.3 Å². The molecule has 0 aliphatic carbocycles.